The largest absolute Gasteiger partial charge is 0.480 e. The van der Waals surface area contributed by atoms with Crippen LogP contribution in [0.1, 0.15) is 35.2 Å². The fraction of sp³-hybridized carbons (Fsp3) is 0.263. The third-order valence-corrected chi connectivity index (χ3v) is 6.06. The predicted octanol–water partition coefficient (Wildman–Crippen LogP) is 2.53. The molecule has 1 saturated carbocycles. The predicted molar refractivity (Wildman–Crippen MR) is 100 cm³/mol. The van der Waals surface area contributed by atoms with Crippen molar-refractivity contribution in [1.82, 2.24) is 5.32 Å². The van der Waals surface area contributed by atoms with E-state index in [2.05, 4.69) is 10.0 Å². The Balaban J connectivity index is 1.81. The van der Waals surface area contributed by atoms with Gasteiger partial charge in [0.15, 0.2) is 0 Å². The number of amides is 1. The lowest BCUT2D eigenvalue weighted by Crippen LogP contribution is -2.59. The first kappa shape index (κ1) is 18.9. The summed E-state index contributed by atoms with van der Waals surface area (Å²) in [6.45, 7) is 1.90. The van der Waals surface area contributed by atoms with E-state index in [9.17, 15) is 23.1 Å². The maximum atomic E-state index is 12.6. The van der Waals surface area contributed by atoms with Gasteiger partial charge in [-0.25, -0.2) is 13.2 Å². The smallest absolute Gasteiger partial charge is 0.329 e. The second kappa shape index (κ2) is 7.03. The molecule has 1 amide bonds. The van der Waals surface area contributed by atoms with E-state index in [0.717, 1.165) is 12.0 Å². The molecule has 0 unspecified atom stereocenters. The van der Waals surface area contributed by atoms with Crippen LogP contribution in [0.5, 0.6) is 0 Å². The summed E-state index contributed by atoms with van der Waals surface area (Å²) in [7, 11) is -3.88. The topological polar surface area (TPSA) is 113 Å². The van der Waals surface area contributed by atoms with Crippen LogP contribution in [0.25, 0.3) is 0 Å². The first-order valence-corrected chi connectivity index (χ1v) is 9.96. The third-order valence-electron chi connectivity index (χ3n) is 4.68. The Bertz CT molecular complexity index is 979. The number of sulfonamides is 1. The molecule has 1 fully saturated rings. The molecule has 0 spiro atoms. The minimum absolute atomic E-state index is 0.0753. The second-order valence-corrected chi connectivity index (χ2v) is 8.38. The minimum Gasteiger partial charge on any atom is -0.480 e. The molecule has 0 bridgehead atoms. The lowest BCUT2D eigenvalue weighted by atomic mass is 9.76. The number of carbonyl (C=O) groups is 2. The van der Waals surface area contributed by atoms with Gasteiger partial charge in [0.25, 0.3) is 15.9 Å². The van der Waals surface area contributed by atoms with Crippen LogP contribution >= 0.6 is 0 Å². The molecule has 1 aliphatic rings. The number of hydrogen-bond acceptors (Lipinski definition) is 4. The van der Waals surface area contributed by atoms with E-state index in [1.54, 1.807) is 24.3 Å². The van der Waals surface area contributed by atoms with Gasteiger partial charge in [-0.3, -0.25) is 9.52 Å². The quantitative estimate of drug-likeness (QED) is 0.704. The molecule has 0 aromatic heterocycles. The molecule has 8 heteroatoms. The number of aryl methyl sites for hydroxylation is 1. The normalized spacial score (nSPS) is 15.4. The average molecular weight is 388 g/mol. The van der Waals surface area contributed by atoms with E-state index in [-0.39, 0.29) is 10.5 Å². The molecule has 0 saturated heterocycles. The Hall–Kier alpha value is -2.87. The summed E-state index contributed by atoms with van der Waals surface area (Å²) in [5.74, 6) is -1.68. The summed E-state index contributed by atoms with van der Waals surface area (Å²) in [5, 5.41) is 11.9. The van der Waals surface area contributed by atoms with Crippen LogP contribution in [0.2, 0.25) is 0 Å². The molecular formula is C19H20N2O5S. The van der Waals surface area contributed by atoms with Crippen molar-refractivity contribution in [2.45, 2.75) is 36.6 Å². The Morgan fingerprint density at radius 1 is 1.07 bits per heavy atom. The van der Waals surface area contributed by atoms with Gasteiger partial charge in [0, 0.05) is 11.3 Å². The van der Waals surface area contributed by atoms with Crippen molar-refractivity contribution in [3.8, 4) is 0 Å². The number of rotatable bonds is 6. The van der Waals surface area contributed by atoms with E-state index in [0.29, 0.717) is 18.5 Å². The highest BCUT2D eigenvalue weighted by Crippen LogP contribution is 2.32. The lowest BCUT2D eigenvalue weighted by Gasteiger charge is -2.38. The van der Waals surface area contributed by atoms with Crippen LogP contribution < -0.4 is 10.0 Å². The molecule has 27 heavy (non-hydrogen) atoms. The highest BCUT2D eigenvalue weighted by Gasteiger charge is 2.45. The van der Waals surface area contributed by atoms with Crippen molar-refractivity contribution >= 4 is 27.6 Å². The van der Waals surface area contributed by atoms with Crippen molar-refractivity contribution in [2.24, 2.45) is 0 Å². The average Bonchev–Trinajstić information content (AvgIpc) is 2.59. The summed E-state index contributed by atoms with van der Waals surface area (Å²) in [4.78, 5) is 23.8. The van der Waals surface area contributed by atoms with Gasteiger partial charge in [0.1, 0.15) is 5.54 Å². The number of anilines is 1. The van der Waals surface area contributed by atoms with Gasteiger partial charge in [-0.05, 0) is 56.5 Å². The fourth-order valence-electron chi connectivity index (χ4n) is 2.85. The van der Waals surface area contributed by atoms with E-state index in [1.807, 2.05) is 6.92 Å². The highest BCUT2D eigenvalue weighted by atomic mass is 32.2. The van der Waals surface area contributed by atoms with Crippen molar-refractivity contribution in [3.05, 3.63) is 59.7 Å². The zero-order valence-electron chi connectivity index (χ0n) is 14.7. The monoisotopic (exact) mass is 388 g/mol. The Labute approximate surface area is 157 Å². The van der Waals surface area contributed by atoms with Crippen LogP contribution in [0.4, 0.5) is 5.69 Å². The molecule has 3 N–H and O–H groups in total. The number of nitrogens with one attached hydrogen (secondary N) is 2. The van der Waals surface area contributed by atoms with Crippen molar-refractivity contribution in [3.63, 3.8) is 0 Å². The molecular weight excluding hydrogens is 368 g/mol. The molecule has 1 aliphatic carbocycles. The molecule has 3 rings (SSSR count). The van der Waals surface area contributed by atoms with E-state index < -0.39 is 27.4 Å². The summed E-state index contributed by atoms with van der Waals surface area (Å²) in [5.41, 5.74) is 0.246. The van der Waals surface area contributed by atoms with Crippen LogP contribution in [-0.4, -0.2) is 30.9 Å². The number of hydrogen-bond donors (Lipinski definition) is 3. The summed E-state index contributed by atoms with van der Waals surface area (Å²) < 4.78 is 27.6. The minimum atomic E-state index is -3.88. The van der Waals surface area contributed by atoms with E-state index in [1.165, 1.54) is 24.3 Å². The second-order valence-electron chi connectivity index (χ2n) is 6.69. The zero-order chi connectivity index (χ0) is 19.7. The van der Waals surface area contributed by atoms with Crippen molar-refractivity contribution in [1.29, 1.82) is 0 Å². The van der Waals surface area contributed by atoms with Gasteiger partial charge in [-0.15, -0.1) is 0 Å². The Kier molecular flexibility index (Phi) is 4.93. The summed E-state index contributed by atoms with van der Waals surface area (Å²) >= 11 is 0. The molecule has 7 nitrogen and oxygen atoms in total. The number of benzene rings is 2. The molecule has 142 valence electrons. The lowest BCUT2D eigenvalue weighted by molar-refractivity contribution is -0.148. The van der Waals surface area contributed by atoms with Gasteiger partial charge >= 0.3 is 5.97 Å². The first-order valence-electron chi connectivity index (χ1n) is 8.47. The van der Waals surface area contributed by atoms with Crippen molar-refractivity contribution in [2.75, 3.05) is 4.72 Å². The van der Waals surface area contributed by atoms with Gasteiger partial charge < -0.3 is 10.4 Å². The van der Waals surface area contributed by atoms with Crippen LogP contribution in [0.3, 0.4) is 0 Å². The van der Waals surface area contributed by atoms with Gasteiger partial charge in [-0.2, -0.15) is 0 Å². The maximum absolute atomic E-state index is 12.6. The molecule has 0 aliphatic heterocycles. The molecule has 0 radical (unpaired) electrons. The Morgan fingerprint density at radius 3 is 2.30 bits per heavy atom. The maximum Gasteiger partial charge on any atom is 0.329 e. The molecule has 2 aromatic rings. The number of aliphatic carboxylic acids is 1. The number of carboxylic acid groups (broad SMARTS) is 1. The third kappa shape index (κ3) is 3.95. The van der Waals surface area contributed by atoms with Gasteiger partial charge in [0.05, 0.1) is 4.90 Å². The van der Waals surface area contributed by atoms with Gasteiger partial charge in [-0.1, -0.05) is 23.8 Å². The van der Waals surface area contributed by atoms with E-state index >= 15 is 0 Å². The molecule has 0 atom stereocenters. The van der Waals surface area contributed by atoms with Gasteiger partial charge in [0.2, 0.25) is 0 Å². The standard InChI is InChI=1S/C19H20N2O5S/c1-13-6-8-15(9-7-13)21-27(25,26)16-5-2-4-14(12-16)17(22)20-19(18(23)24)10-3-11-19/h2,4-9,12,21H,3,10-11H2,1H3,(H,20,22)(H,23,24). The SMILES string of the molecule is Cc1ccc(NS(=O)(=O)c2cccc(C(=O)NC3(C(=O)O)CCC3)c2)cc1. The Morgan fingerprint density at radius 2 is 1.74 bits per heavy atom. The first-order chi connectivity index (χ1) is 12.7. The molecule has 0 heterocycles. The number of carbonyl (C=O) groups excluding carboxylic acids is 1. The van der Waals surface area contributed by atoms with Crippen molar-refractivity contribution < 1.29 is 23.1 Å². The van der Waals surface area contributed by atoms with Crippen LogP contribution in [0, 0.1) is 6.92 Å². The fourth-order valence-corrected chi connectivity index (χ4v) is 3.96. The van der Waals surface area contributed by atoms with Crippen LogP contribution in [0.15, 0.2) is 53.4 Å². The zero-order valence-corrected chi connectivity index (χ0v) is 15.5. The number of carboxylic acids is 1. The molecule has 2 aromatic carbocycles. The van der Waals surface area contributed by atoms with Crippen LogP contribution in [-0.2, 0) is 14.8 Å². The highest BCUT2D eigenvalue weighted by molar-refractivity contribution is 7.92. The summed E-state index contributed by atoms with van der Waals surface area (Å²) in [6.07, 6.45) is 1.45. The summed E-state index contributed by atoms with van der Waals surface area (Å²) in [6, 6.07) is 12.4. The van der Waals surface area contributed by atoms with E-state index in [4.69, 9.17) is 0 Å².